The smallest absolute Gasteiger partial charge is 0.325 e. The van der Waals surface area contributed by atoms with Crippen molar-refractivity contribution in [1.29, 1.82) is 0 Å². The third kappa shape index (κ3) is 3.72. The van der Waals surface area contributed by atoms with Gasteiger partial charge >= 0.3 is 12.0 Å². The number of carboxylic acid groups (broad SMARTS) is 1. The lowest BCUT2D eigenvalue weighted by atomic mass is 10.2. The number of hydrogen-bond donors (Lipinski definition) is 2. The van der Waals surface area contributed by atoms with E-state index in [1.807, 2.05) is 13.8 Å². The maximum Gasteiger partial charge on any atom is 0.325 e. The Morgan fingerprint density at radius 1 is 1.38 bits per heavy atom. The number of hydrogen-bond acceptors (Lipinski definition) is 2. The van der Waals surface area contributed by atoms with Gasteiger partial charge in [-0.3, -0.25) is 4.79 Å². The molecule has 1 aliphatic rings. The molecule has 92 valence electrons. The number of nitrogens with zero attached hydrogens (tertiary/aromatic N) is 1. The van der Waals surface area contributed by atoms with Crippen molar-refractivity contribution in [3.05, 3.63) is 0 Å². The Balaban J connectivity index is 2.50. The van der Waals surface area contributed by atoms with Gasteiger partial charge in [-0.25, -0.2) is 4.79 Å². The van der Waals surface area contributed by atoms with Crippen molar-refractivity contribution in [3.8, 4) is 0 Å². The summed E-state index contributed by atoms with van der Waals surface area (Å²) in [6.45, 7) is 6.25. The summed E-state index contributed by atoms with van der Waals surface area (Å²) in [7, 11) is 0. The largest absolute Gasteiger partial charge is 0.480 e. The highest BCUT2D eigenvalue weighted by Crippen LogP contribution is 2.27. The van der Waals surface area contributed by atoms with E-state index in [-0.39, 0.29) is 6.03 Å². The maximum absolute atomic E-state index is 11.8. The summed E-state index contributed by atoms with van der Waals surface area (Å²) < 4.78 is 0. The molecule has 0 spiro atoms. The Hall–Kier alpha value is -1.26. The molecule has 1 fully saturated rings. The average Bonchev–Trinajstić information content (AvgIpc) is 2.96. The van der Waals surface area contributed by atoms with Gasteiger partial charge in [0.1, 0.15) is 6.04 Å². The van der Waals surface area contributed by atoms with Gasteiger partial charge in [0.2, 0.25) is 0 Å². The van der Waals surface area contributed by atoms with Crippen LogP contribution in [0.3, 0.4) is 0 Å². The first-order valence-corrected chi connectivity index (χ1v) is 5.71. The quantitative estimate of drug-likeness (QED) is 0.745. The van der Waals surface area contributed by atoms with Crippen LogP contribution in [0, 0.1) is 5.92 Å². The van der Waals surface area contributed by atoms with Crippen molar-refractivity contribution >= 4 is 12.0 Å². The normalized spacial score (nSPS) is 17.0. The van der Waals surface area contributed by atoms with Crippen LogP contribution >= 0.6 is 0 Å². The number of carbonyl (C=O) groups is 2. The van der Waals surface area contributed by atoms with Crippen LogP contribution in [0.25, 0.3) is 0 Å². The molecule has 0 bridgehead atoms. The Kier molecular flexibility index (Phi) is 4.15. The third-order valence-corrected chi connectivity index (χ3v) is 2.52. The molecule has 1 saturated carbocycles. The molecular formula is C11H20N2O3. The summed E-state index contributed by atoms with van der Waals surface area (Å²) in [5.74, 6) is -0.611. The Bertz CT molecular complexity index is 274. The minimum absolute atomic E-state index is 0.258. The number of amides is 2. The monoisotopic (exact) mass is 228 g/mol. The average molecular weight is 228 g/mol. The van der Waals surface area contributed by atoms with Gasteiger partial charge in [-0.15, -0.1) is 0 Å². The lowest BCUT2D eigenvalue weighted by Crippen LogP contribution is -2.48. The number of carboxylic acids is 1. The zero-order valence-corrected chi connectivity index (χ0v) is 10.1. The van der Waals surface area contributed by atoms with Gasteiger partial charge in [-0.1, -0.05) is 13.8 Å². The first-order valence-electron chi connectivity index (χ1n) is 5.71. The van der Waals surface area contributed by atoms with Crippen LogP contribution in [-0.2, 0) is 4.79 Å². The first-order chi connectivity index (χ1) is 7.41. The van der Waals surface area contributed by atoms with Crippen molar-refractivity contribution in [2.45, 2.75) is 45.7 Å². The number of rotatable bonds is 5. The molecule has 0 aromatic carbocycles. The summed E-state index contributed by atoms with van der Waals surface area (Å²) in [4.78, 5) is 24.2. The standard InChI is InChI=1S/C11H20N2O3/c1-7(2)6-13(9-4-5-9)11(16)12-8(3)10(14)15/h7-9H,4-6H2,1-3H3,(H,12,16)(H,14,15)/t8-/m1/s1. The molecule has 0 saturated heterocycles. The van der Waals surface area contributed by atoms with E-state index in [0.29, 0.717) is 18.5 Å². The Morgan fingerprint density at radius 2 is 1.94 bits per heavy atom. The molecule has 2 N–H and O–H groups in total. The van der Waals surface area contributed by atoms with Crippen LogP contribution in [0.1, 0.15) is 33.6 Å². The van der Waals surface area contributed by atoms with E-state index >= 15 is 0 Å². The maximum atomic E-state index is 11.8. The van der Waals surface area contributed by atoms with Gasteiger partial charge in [0.05, 0.1) is 0 Å². The topological polar surface area (TPSA) is 69.6 Å². The third-order valence-electron chi connectivity index (χ3n) is 2.52. The molecule has 0 unspecified atom stereocenters. The lowest BCUT2D eigenvalue weighted by Gasteiger charge is -2.25. The van der Waals surface area contributed by atoms with E-state index in [2.05, 4.69) is 5.32 Å². The van der Waals surface area contributed by atoms with Gasteiger partial charge in [-0.05, 0) is 25.7 Å². The Labute approximate surface area is 95.8 Å². The predicted octanol–water partition coefficient (Wildman–Crippen LogP) is 1.29. The summed E-state index contributed by atoms with van der Waals surface area (Å²) in [6.07, 6.45) is 2.06. The van der Waals surface area contributed by atoms with Crippen molar-refractivity contribution in [2.75, 3.05) is 6.54 Å². The molecule has 0 radical (unpaired) electrons. The van der Waals surface area contributed by atoms with Crippen molar-refractivity contribution < 1.29 is 14.7 Å². The molecule has 5 heteroatoms. The van der Waals surface area contributed by atoms with Crippen molar-refractivity contribution in [3.63, 3.8) is 0 Å². The van der Waals surface area contributed by atoms with E-state index in [0.717, 1.165) is 12.8 Å². The Morgan fingerprint density at radius 3 is 2.31 bits per heavy atom. The number of nitrogens with one attached hydrogen (secondary N) is 1. The molecule has 16 heavy (non-hydrogen) atoms. The van der Waals surface area contributed by atoms with Crippen LogP contribution in [0.2, 0.25) is 0 Å². The van der Waals surface area contributed by atoms with Crippen LogP contribution in [0.5, 0.6) is 0 Å². The molecule has 1 rings (SSSR count). The first kappa shape index (κ1) is 12.8. The highest BCUT2D eigenvalue weighted by atomic mass is 16.4. The highest BCUT2D eigenvalue weighted by molar-refractivity contribution is 5.82. The number of carbonyl (C=O) groups excluding carboxylic acids is 1. The summed E-state index contributed by atoms with van der Waals surface area (Å²) >= 11 is 0. The van der Waals surface area contributed by atoms with Crippen LogP contribution in [-0.4, -0.2) is 40.6 Å². The lowest BCUT2D eigenvalue weighted by molar-refractivity contribution is -0.138. The molecule has 0 aliphatic heterocycles. The minimum atomic E-state index is -1.01. The van der Waals surface area contributed by atoms with Gasteiger partial charge in [0.25, 0.3) is 0 Å². The second-order valence-electron chi connectivity index (χ2n) is 4.79. The van der Waals surface area contributed by atoms with Crippen LogP contribution in [0.15, 0.2) is 0 Å². The second kappa shape index (κ2) is 5.18. The number of aliphatic carboxylic acids is 1. The van der Waals surface area contributed by atoms with E-state index in [1.165, 1.54) is 6.92 Å². The molecule has 1 aliphatic carbocycles. The van der Waals surface area contributed by atoms with Crippen LogP contribution < -0.4 is 5.32 Å². The SMILES string of the molecule is CC(C)CN(C(=O)N[C@H](C)C(=O)O)C1CC1. The number of urea groups is 1. The summed E-state index contributed by atoms with van der Waals surface area (Å²) in [5, 5.41) is 11.2. The van der Waals surface area contributed by atoms with E-state index < -0.39 is 12.0 Å². The fourth-order valence-corrected chi connectivity index (χ4v) is 1.51. The zero-order valence-electron chi connectivity index (χ0n) is 10.1. The van der Waals surface area contributed by atoms with Gasteiger partial charge in [0.15, 0.2) is 0 Å². The summed E-state index contributed by atoms with van der Waals surface area (Å²) in [5.41, 5.74) is 0. The predicted molar refractivity (Wildman–Crippen MR) is 60.2 cm³/mol. The van der Waals surface area contributed by atoms with Crippen molar-refractivity contribution in [1.82, 2.24) is 10.2 Å². The highest BCUT2D eigenvalue weighted by Gasteiger charge is 2.33. The minimum Gasteiger partial charge on any atom is -0.480 e. The molecule has 1 atom stereocenters. The van der Waals surface area contributed by atoms with E-state index in [1.54, 1.807) is 4.90 Å². The van der Waals surface area contributed by atoms with Crippen molar-refractivity contribution in [2.24, 2.45) is 5.92 Å². The van der Waals surface area contributed by atoms with Gasteiger partial charge < -0.3 is 15.3 Å². The second-order valence-corrected chi connectivity index (χ2v) is 4.79. The fourth-order valence-electron chi connectivity index (χ4n) is 1.51. The molecule has 0 aromatic rings. The van der Waals surface area contributed by atoms with E-state index in [4.69, 9.17) is 5.11 Å². The molecule has 0 aromatic heterocycles. The fraction of sp³-hybridized carbons (Fsp3) is 0.818. The molecular weight excluding hydrogens is 208 g/mol. The molecule has 5 nitrogen and oxygen atoms in total. The zero-order chi connectivity index (χ0) is 12.3. The molecule has 0 heterocycles. The van der Waals surface area contributed by atoms with Crippen LogP contribution in [0.4, 0.5) is 4.79 Å². The summed E-state index contributed by atoms with van der Waals surface area (Å²) in [6, 6.07) is -0.782. The molecule has 2 amide bonds. The van der Waals surface area contributed by atoms with E-state index in [9.17, 15) is 9.59 Å². The van der Waals surface area contributed by atoms with Gasteiger partial charge in [-0.2, -0.15) is 0 Å². The van der Waals surface area contributed by atoms with Gasteiger partial charge in [0, 0.05) is 12.6 Å².